The highest BCUT2D eigenvalue weighted by atomic mass is 35.5. The molecule has 2 N–H and O–H groups in total. The Morgan fingerprint density at radius 1 is 1.08 bits per heavy atom. The molecule has 2 aromatic rings. The van der Waals surface area contributed by atoms with E-state index in [1.54, 1.807) is 30.3 Å². The third-order valence-corrected chi connectivity index (χ3v) is 4.86. The Balaban J connectivity index is 1.64. The van der Waals surface area contributed by atoms with Crippen LogP contribution in [0.25, 0.3) is 0 Å². The number of benzene rings is 2. The first-order valence-corrected chi connectivity index (χ1v) is 9.06. The number of carbonyl (C=O) groups excluding carboxylic acids is 2. The molecule has 0 atom stereocenters. The average Bonchev–Trinajstić information content (AvgIpc) is 3.39. The van der Waals surface area contributed by atoms with E-state index in [0.717, 1.165) is 17.7 Å². The van der Waals surface area contributed by atoms with Crippen molar-refractivity contribution in [2.24, 2.45) is 0 Å². The minimum Gasteiger partial charge on any atom is -0.353 e. The van der Waals surface area contributed by atoms with Gasteiger partial charge in [-0.2, -0.15) is 0 Å². The van der Waals surface area contributed by atoms with Crippen molar-refractivity contribution < 1.29 is 9.59 Å². The van der Waals surface area contributed by atoms with Crippen LogP contribution >= 0.6 is 23.4 Å². The molecule has 1 aliphatic rings. The summed E-state index contributed by atoms with van der Waals surface area (Å²) in [7, 11) is 0. The van der Waals surface area contributed by atoms with Gasteiger partial charge in [-0.25, -0.2) is 0 Å². The predicted octanol–water partition coefficient (Wildman–Crippen LogP) is 3.96. The minimum absolute atomic E-state index is 0.00964. The predicted molar refractivity (Wildman–Crippen MR) is 97.7 cm³/mol. The van der Waals surface area contributed by atoms with Crippen LogP contribution in [-0.4, -0.2) is 23.6 Å². The molecule has 0 aromatic heterocycles. The molecule has 1 saturated carbocycles. The Bertz CT molecular complexity index is 745. The van der Waals surface area contributed by atoms with Gasteiger partial charge in [0.2, 0.25) is 5.91 Å². The minimum atomic E-state index is -0.206. The highest BCUT2D eigenvalue weighted by Gasteiger charge is 2.23. The van der Waals surface area contributed by atoms with Crippen LogP contribution in [0.15, 0.2) is 53.4 Å². The van der Waals surface area contributed by atoms with E-state index in [-0.39, 0.29) is 11.8 Å². The molecule has 2 aromatic carbocycles. The number of nitrogens with one attached hydrogen (secondary N) is 2. The summed E-state index contributed by atoms with van der Waals surface area (Å²) in [6, 6.07) is 14.6. The van der Waals surface area contributed by atoms with Crippen LogP contribution in [0.5, 0.6) is 0 Å². The first kappa shape index (κ1) is 16.9. The lowest BCUT2D eigenvalue weighted by Gasteiger charge is -2.10. The summed E-state index contributed by atoms with van der Waals surface area (Å²) >= 11 is 7.22. The van der Waals surface area contributed by atoms with Gasteiger partial charge in [0.15, 0.2) is 0 Å². The molecule has 0 spiro atoms. The highest BCUT2D eigenvalue weighted by Crippen LogP contribution is 2.25. The summed E-state index contributed by atoms with van der Waals surface area (Å²) in [6.07, 6.45) is 2.13. The van der Waals surface area contributed by atoms with Crippen LogP contribution in [0, 0.1) is 0 Å². The van der Waals surface area contributed by atoms with Crippen LogP contribution in [0.4, 0.5) is 5.69 Å². The van der Waals surface area contributed by atoms with E-state index < -0.39 is 0 Å². The molecule has 24 heavy (non-hydrogen) atoms. The third kappa shape index (κ3) is 4.76. The van der Waals surface area contributed by atoms with Crippen molar-refractivity contribution in [3.8, 4) is 0 Å². The normalized spacial score (nSPS) is 13.4. The summed E-state index contributed by atoms with van der Waals surface area (Å²) in [6.45, 7) is 0. The summed E-state index contributed by atoms with van der Waals surface area (Å²) in [5.74, 6) is 0.111. The van der Waals surface area contributed by atoms with Crippen molar-refractivity contribution >= 4 is 40.9 Å². The number of halogens is 1. The van der Waals surface area contributed by atoms with Gasteiger partial charge in [-0.1, -0.05) is 23.7 Å². The first-order chi connectivity index (χ1) is 11.6. The number of carbonyl (C=O) groups is 2. The maximum absolute atomic E-state index is 12.5. The lowest BCUT2D eigenvalue weighted by atomic mass is 10.2. The number of hydrogen-bond donors (Lipinski definition) is 2. The van der Waals surface area contributed by atoms with Crippen LogP contribution < -0.4 is 10.6 Å². The second-order valence-electron chi connectivity index (χ2n) is 5.59. The standard InChI is InChI=1S/C18H17ClN2O2S/c19-12-5-7-14(8-6-12)21-18(23)15-3-1-2-4-16(15)24-11-17(22)20-13-9-10-13/h1-8,13H,9-11H2,(H,20,22)(H,21,23). The van der Waals surface area contributed by atoms with E-state index in [1.807, 2.05) is 18.2 Å². The number of thioether (sulfide) groups is 1. The molecule has 0 radical (unpaired) electrons. The molecule has 0 saturated heterocycles. The zero-order chi connectivity index (χ0) is 16.9. The van der Waals surface area contributed by atoms with Gasteiger partial charge in [-0.05, 0) is 49.2 Å². The molecule has 0 unspecified atom stereocenters. The molecule has 124 valence electrons. The zero-order valence-electron chi connectivity index (χ0n) is 12.9. The second kappa shape index (κ2) is 7.73. The van der Waals surface area contributed by atoms with Crippen molar-refractivity contribution in [2.45, 2.75) is 23.8 Å². The van der Waals surface area contributed by atoms with E-state index in [0.29, 0.717) is 28.1 Å². The van der Waals surface area contributed by atoms with E-state index in [9.17, 15) is 9.59 Å². The molecular weight excluding hydrogens is 344 g/mol. The van der Waals surface area contributed by atoms with Gasteiger partial charge >= 0.3 is 0 Å². The summed E-state index contributed by atoms with van der Waals surface area (Å²) < 4.78 is 0. The summed E-state index contributed by atoms with van der Waals surface area (Å²) in [5, 5.41) is 6.41. The molecular formula is C18H17ClN2O2S. The van der Waals surface area contributed by atoms with Gasteiger partial charge in [-0.15, -0.1) is 11.8 Å². The van der Waals surface area contributed by atoms with Crippen molar-refractivity contribution in [2.75, 3.05) is 11.1 Å². The van der Waals surface area contributed by atoms with E-state index in [1.165, 1.54) is 11.8 Å². The topological polar surface area (TPSA) is 58.2 Å². The fourth-order valence-electron chi connectivity index (χ4n) is 2.15. The zero-order valence-corrected chi connectivity index (χ0v) is 14.5. The lowest BCUT2D eigenvalue weighted by molar-refractivity contribution is -0.118. The van der Waals surface area contributed by atoms with Gasteiger partial charge in [0.05, 0.1) is 11.3 Å². The van der Waals surface area contributed by atoms with Crippen LogP contribution in [-0.2, 0) is 4.79 Å². The van der Waals surface area contributed by atoms with E-state index in [2.05, 4.69) is 10.6 Å². The molecule has 0 bridgehead atoms. The number of anilines is 1. The van der Waals surface area contributed by atoms with Crippen LogP contribution in [0.3, 0.4) is 0 Å². The SMILES string of the molecule is O=C(CSc1ccccc1C(=O)Nc1ccc(Cl)cc1)NC1CC1. The number of rotatable bonds is 6. The Labute approximate surface area is 150 Å². The Morgan fingerprint density at radius 3 is 2.50 bits per heavy atom. The first-order valence-electron chi connectivity index (χ1n) is 7.70. The summed E-state index contributed by atoms with van der Waals surface area (Å²) in [4.78, 5) is 25.1. The molecule has 4 nitrogen and oxygen atoms in total. The van der Waals surface area contributed by atoms with Crippen molar-refractivity contribution in [1.29, 1.82) is 0 Å². The van der Waals surface area contributed by atoms with Gasteiger partial charge in [-0.3, -0.25) is 9.59 Å². The largest absolute Gasteiger partial charge is 0.353 e. The molecule has 2 amide bonds. The molecule has 1 aliphatic carbocycles. The Morgan fingerprint density at radius 2 is 1.79 bits per heavy atom. The average molecular weight is 361 g/mol. The fourth-order valence-corrected chi connectivity index (χ4v) is 3.14. The van der Waals surface area contributed by atoms with Gasteiger partial charge in [0.25, 0.3) is 5.91 Å². The molecule has 0 heterocycles. The highest BCUT2D eigenvalue weighted by molar-refractivity contribution is 8.00. The van der Waals surface area contributed by atoms with E-state index in [4.69, 9.17) is 11.6 Å². The number of hydrogen-bond acceptors (Lipinski definition) is 3. The quantitative estimate of drug-likeness (QED) is 0.766. The van der Waals surface area contributed by atoms with Crippen molar-refractivity contribution in [3.63, 3.8) is 0 Å². The van der Waals surface area contributed by atoms with E-state index >= 15 is 0 Å². The van der Waals surface area contributed by atoms with Crippen molar-refractivity contribution in [1.82, 2.24) is 5.32 Å². The summed E-state index contributed by atoms with van der Waals surface area (Å²) in [5.41, 5.74) is 1.23. The molecule has 0 aliphatic heterocycles. The smallest absolute Gasteiger partial charge is 0.256 e. The monoisotopic (exact) mass is 360 g/mol. The lowest BCUT2D eigenvalue weighted by Crippen LogP contribution is -2.27. The van der Waals surface area contributed by atoms with Crippen LogP contribution in [0.2, 0.25) is 5.02 Å². The Kier molecular flexibility index (Phi) is 5.43. The fraction of sp³-hybridized carbons (Fsp3) is 0.222. The van der Waals surface area contributed by atoms with Gasteiger partial charge < -0.3 is 10.6 Å². The second-order valence-corrected chi connectivity index (χ2v) is 7.04. The third-order valence-electron chi connectivity index (χ3n) is 3.54. The maximum Gasteiger partial charge on any atom is 0.256 e. The number of amides is 2. The van der Waals surface area contributed by atoms with Gasteiger partial charge in [0.1, 0.15) is 0 Å². The van der Waals surface area contributed by atoms with Gasteiger partial charge in [0, 0.05) is 21.6 Å². The van der Waals surface area contributed by atoms with Crippen LogP contribution in [0.1, 0.15) is 23.2 Å². The van der Waals surface area contributed by atoms with Crippen molar-refractivity contribution in [3.05, 3.63) is 59.1 Å². The molecule has 6 heteroatoms. The molecule has 3 rings (SSSR count). The molecule has 1 fully saturated rings. The maximum atomic E-state index is 12.5. The Hall–Kier alpha value is -1.98.